The molecule has 3 aliphatic carbocycles. The molecular formula is C32H26O4. The minimum Gasteiger partial charge on any atom is -0.454 e. The van der Waals surface area contributed by atoms with E-state index in [1.165, 1.54) is 11.1 Å². The number of benzene rings is 4. The number of carbonyl (C=O) groups is 2. The first-order valence-electron chi connectivity index (χ1n) is 12.3. The highest BCUT2D eigenvalue weighted by Gasteiger charge is 2.54. The van der Waals surface area contributed by atoms with Gasteiger partial charge in [-0.3, -0.25) is 0 Å². The van der Waals surface area contributed by atoms with Crippen LogP contribution in [-0.4, -0.2) is 24.1 Å². The Labute approximate surface area is 210 Å². The molecule has 0 heterocycles. The molecule has 2 bridgehead atoms. The molecule has 0 radical (unpaired) electrons. The van der Waals surface area contributed by atoms with E-state index in [4.69, 9.17) is 9.47 Å². The third-order valence-electron chi connectivity index (χ3n) is 7.49. The van der Waals surface area contributed by atoms with Crippen LogP contribution in [0.5, 0.6) is 0 Å². The highest BCUT2D eigenvalue weighted by molar-refractivity contribution is 5.91. The van der Waals surface area contributed by atoms with Crippen molar-refractivity contribution in [3.05, 3.63) is 142 Å². The van der Waals surface area contributed by atoms with Crippen molar-refractivity contribution in [1.29, 1.82) is 0 Å². The van der Waals surface area contributed by atoms with Gasteiger partial charge in [-0.2, -0.15) is 0 Å². The van der Waals surface area contributed by atoms with E-state index in [-0.39, 0.29) is 11.8 Å². The molecule has 7 rings (SSSR count). The van der Waals surface area contributed by atoms with E-state index < -0.39 is 24.1 Å². The van der Waals surface area contributed by atoms with Crippen LogP contribution in [0.3, 0.4) is 0 Å². The van der Waals surface area contributed by atoms with Crippen LogP contribution in [0.25, 0.3) is 0 Å². The van der Waals surface area contributed by atoms with Crippen LogP contribution in [-0.2, 0) is 9.47 Å². The molecule has 2 unspecified atom stereocenters. The van der Waals surface area contributed by atoms with E-state index in [2.05, 4.69) is 38.1 Å². The summed E-state index contributed by atoms with van der Waals surface area (Å²) in [5, 5.41) is 0. The van der Waals surface area contributed by atoms with Gasteiger partial charge in [0.15, 0.2) is 12.2 Å². The van der Waals surface area contributed by atoms with Crippen molar-refractivity contribution >= 4 is 11.9 Å². The van der Waals surface area contributed by atoms with E-state index in [0.29, 0.717) is 11.1 Å². The van der Waals surface area contributed by atoms with E-state index in [1.54, 1.807) is 24.3 Å². The minimum absolute atomic E-state index is 0.233. The maximum absolute atomic E-state index is 13.3. The highest BCUT2D eigenvalue weighted by atomic mass is 16.6. The molecule has 4 aromatic carbocycles. The minimum atomic E-state index is -0.655. The molecule has 4 nitrogen and oxygen atoms in total. The summed E-state index contributed by atoms with van der Waals surface area (Å²) in [6.07, 6.45) is -1.31. The lowest BCUT2D eigenvalue weighted by molar-refractivity contribution is -0.0559. The zero-order valence-corrected chi connectivity index (χ0v) is 20.2. The second-order valence-electron chi connectivity index (χ2n) is 9.58. The topological polar surface area (TPSA) is 52.6 Å². The highest BCUT2D eigenvalue weighted by Crippen LogP contribution is 2.56. The summed E-state index contributed by atoms with van der Waals surface area (Å²) in [6, 6.07) is 30.5. The third kappa shape index (κ3) is 3.53. The van der Waals surface area contributed by atoms with E-state index >= 15 is 0 Å². The number of hydrogen-bond acceptors (Lipinski definition) is 4. The summed E-state index contributed by atoms with van der Waals surface area (Å²) >= 11 is 0. The van der Waals surface area contributed by atoms with Crippen molar-refractivity contribution in [2.45, 2.75) is 37.9 Å². The van der Waals surface area contributed by atoms with Crippen molar-refractivity contribution in [3.63, 3.8) is 0 Å². The van der Waals surface area contributed by atoms with Crippen LogP contribution in [0, 0.1) is 13.8 Å². The van der Waals surface area contributed by atoms with Gasteiger partial charge in [-0.05, 0) is 71.5 Å². The SMILES string of the molecule is Cc1cccc2c1[C@H]1c3c(C)cccc3[C@H]2C(OC(=O)c2ccccc2)C1OC(=O)c1ccccc1. The average Bonchev–Trinajstić information content (AvgIpc) is 2.91. The summed E-state index contributed by atoms with van der Waals surface area (Å²) in [4.78, 5) is 26.6. The summed E-state index contributed by atoms with van der Waals surface area (Å²) < 4.78 is 12.5. The fraction of sp³-hybridized carbons (Fsp3) is 0.188. The van der Waals surface area contributed by atoms with Gasteiger partial charge in [0, 0.05) is 0 Å². The summed E-state index contributed by atoms with van der Waals surface area (Å²) in [5.74, 6) is -1.30. The lowest BCUT2D eigenvalue weighted by Gasteiger charge is -2.50. The third-order valence-corrected chi connectivity index (χ3v) is 7.49. The Morgan fingerprint density at radius 3 is 1.39 bits per heavy atom. The molecule has 36 heavy (non-hydrogen) atoms. The standard InChI is InChI=1S/C32H26O4/c1-19-11-9-17-23-25(19)28-26-20(2)12-10-18-24(26)27(23)29(35-31(33)21-13-5-3-6-14-21)30(28)36-32(34)22-15-7-4-8-16-22/h3-18,27-30H,1-2H3/t27-,28-,29?,30?. The Morgan fingerprint density at radius 1 is 0.528 bits per heavy atom. The molecule has 0 N–H and O–H groups in total. The normalized spacial score (nSPS) is 21.3. The van der Waals surface area contributed by atoms with Crippen molar-refractivity contribution in [3.8, 4) is 0 Å². The van der Waals surface area contributed by atoms with Gasteiger partial charge in [0.25, 0.3) is 0 Å². The van der Waals surface area contributed by atoms with Crippen molar-refractivity contribution in [2.75, 3.05) is 0 Å². The molecule has 178 valence electrons. The van der Waals surface area contributed by atoms with Crippen molar-refractivity contribution < 1.29 is 19.1 Å². The number of aryl methyl sites for hydroxylation is 2. The average molecular weight is 475 g/mol. The quantitative estimate of drug-likeness (QED) is 0.324. The first kappa shape index (κ1) is 22.3. The molecule has 4 aromatic rings. The zero-order chi connectivity index (χ0) is 24.8. The second-order valence-corrected chi connectivity index (χ2v) is 9.58. The fourth-order valence-electron chi connectivity index (χ4n) is 5.97. The maximum atomic E-state index is 13.3. The molecule has 3 aliphatic rings. The molecule has 0 amide bonds. The number of esters is 2. The smallest absolute Gasteiger partial charge is 0.338 e. The Bertz CT molecular complexity index is 1400. The molecule has 0 fully saturated rings. The van der Waals surface area contributed by atoms with Gasteiger partial charge in [0.2, 0.25) is 0 Å². The maximum Gasteiger partial charge on any atom is 0.338 e. The number of carbonyl (C=O) groups excluding carboxylic acids is 2. The van der Waals surface area contributed by atoms with Crippen molar-refractivity contribution in [2.24, 2.45) is 0 Å². The number of ether oxygens (including phenoxy) is 2. The van der Waals surface area contributed by atoms with Crippen LogP contribution in [0.15, 0.2) is 97.1 Å². The van der Waals surface area contributed by atoms with Gasteiger partial charge in [-0.1, -0.05) is 72.8 Å². The van der Waals surface area contributed by atoms with Gasteiger partial charge < -0.3 is 9.47 Å². The molecule has 0 saturated heterocycles. The van der Waals surface area contributed by atoms with E-state index in [9.17, 15) is 9.59 Å². The summed E-state index contributed by atoms with van der Waals surface area (Å²) in [7, 11) is 0. The van der Waals surface area contributed by atoms with Crippen molar-refractivity contribution in [1.82, 2.24) is 0 Å². The largest absolute Gasteiger partial charge is 0.454 e. The van der Waals surface area contributed by atoms with Gasteiger partial charge in [-0.25, -0.2) is 9.59 Å². The van der Waals surface area contributed by atoms with E-state index in [0.717, 1.165) is 22.3 Å². The van der Waals surface area contributed by atoms with Crippen LogP contribution in [0.1, 0.15) is 65.9 Å². The molecule has 0 saturated carbocycles. The van der Waals surface area contributed by atoms with Gasteiger partial charge in [0.1, 0.15) is 0 Å². The molecule has 0 aliphatic heterocycles. The Kier molecular flexibility index (Phi) is 5.45. The lowest BCUT2D eigenvalue weighted by Crippen LogP contribution is -2.51. The predicted molar refractivity (Wildman–Crippen MR) is 137 cm³/mol. The van der Waals surface area contributed by atoms with Gasteiger partial charge >= 0.3 is 11.9 Å². The molecule has 2 atom stereocenters. The first-order valence-corrected chi connectivity index (χ1v) is 12.3. The van der Waals surface area contributed by atoms with Gasteiger partial charge in [0.05, 0.1) is 23.0 Å². The second kappa shape index (κ2) is 8.80. The van der Waals surface area contributed by atoms with Crippen LogP contribution >= 0.6 is 0 Å². The zero-order valence-electron chi connectivity index (χ0n) is 20.2. The van der Waals surface area contributed by atoms with Crippen LogP contribution in [0.4, 0.5) is 0 Å². The van der Waals surface area contributed by atoms with Crippen LogP contribution in [0.2, 0.25) is 0 Å². The molecular weight excluding hydrogens is 448 g/mol. The monoisotopic (exact) mass is 474 g/mol. The lowest BCUT2D eigenvalue weighted by atomic mass is 9.59. The first-order chi connectivity index (χ1) is 17.5. The number of rotatable bonds is 4. The van der Waals surface area contributed by atoms with Crippen LogP contribution < -0.4 is 0 Å². The summed E-state index contributed by atoms with van der Waals surface area (Å²) in [6.45, 7) is 4.19. The molecule has 0 spiro atoms. The number of hydrogen-bond donors (Lipinski definition) is 0. The molecule has 0 aromatic heterocycles. The Hall–Kier alpha value is -4.18. The Balaban J connectivity index is 1.51. The number of fused-ring (bicyclic) bond motifs is 1. The summed E-state index contributed by atoms with van der Waals surface area (Å²) in [5.41, 5.74) is 7.84. The predicted octanol–water partition coefficient (Wildman–Crippen LogP) is 6.35. The molecule has 4 heteroatoms. The van der Waals surface area contributed by atoms with Gasteiger partial charge in [-0.15, -0.1) is 0 Å². The van der Waals surface area contributed by atoms with E-state index in [1.807, 2.05) is 48.5 Å². The Morgan fingerprint density at radius 2 is 0.944 bits per heavy atom. The fourth-order valence-corrected chi connectivity index (χ4v) is 5.97.